The van der Waals surface area contributed by atoms with Crippen LogP contribution >= 0.6 is 11.8 Å². The molecule has 0 bridgehead atoms. The van der Waals surface area contributed by atoms with Gasteiger partial charge in [0.05, 0.1) is 11.4 Å². The maximum absolute atomic E-state index is 12.9. The fourth-order valence-electron chi connectivity index (χ4n) is 3.34. The number of carbonyl (C=O) groups is 1. The van der Waals surface area contributed by atoms with Gasteiger partial charge in [0.25, 0.3) is 10.8 Å². The average molecular weight is 450 g/mol. The normalized spacial score (nSPS) is 11.0. The molecule has 9 heteroatoms. The van der Waals surface area contributed by atoms with Crippen LogP contribution in [0.15, 0.2) is 69.0 Å². The van der Waals surface area contributed by atoms with Crippen molar-refractivity contribution in [2.75, 3.05) is 11.1 Å². The molecule has 0 aliphatic carbocycles. The third-order valence-corrected chi connectivity index (χ3v) is 5.98. The largest absolute Gasteiger partial charge is 0.411 e. The van der Waals surface area contributed by atoms with Gasteiger partial charge in [-0.3, -0.25) is 14.3 Å². The Kier molecular flexibility index (Phi) is 6.27. The van der Waals surface area contributed by atoms with E-state index in [2.05, 4.69) is 15.5 Å². The monoisotopic (exact) mass is 449 g/mol. The Labute approximate surface area is 189 Å². The maximum Gasteiger partial charge on any atom is 0.295 e. The minimum absolute atomic E-state index is 0.200. The molecule has 2 heterocycles. The number of aromatic nitrogens is 4. The molecule has 1 amide bonds. The number of thioether (sulfide) groups is 1. The van der Waals surface area contributed by atoms with Crippen LogP contribution in [0.4, 0.5) is 5.69 Å². The van der Waals surface area contributed by atoms with Crippen molar-refractivity contribution in [1.82, 2.24) is 19.6 Å². The summed E-state index contributed by atoms with van der Waals surface area (Å²) >= 11 is 1.30. The number of benzene rings is 2. The Morgan fingerprint density at radius 2 is 1.78 bits per heavy atom. The number of hydrogen-bond acceptors (Lipinski definition) is 6. The molecule has 164 valence electrons. The number of anilines is 1. The van der Waals surface area contributed by atoms with Gasteiger partial charge in [-0.15, -0.1) is 10.2 Å². The molecule has 0 aliphatic rings. The Balaban J connectivity index is 1.38. The van der Waals surface area contributed by atoms with Crippen LogP contribution in [-0.4, -0.2) is 31.2 Å². The highest BCUT2D eigenvalue weighted by Crippen LogP contribution is 2.25. The van der Waals surface area contributed by atoms with Gasteiger partial charge in [0.15, 0.2) is 0 Å². The van der Waals surface area contributed by atoms with E-state index >= 15 is 0 Å². The minimum Gasteiger partial charge on any atom is -0.411 e. The minimum atomic E-state index is -0.267. The van der Waals surface area contributed by atoms with E-state index in [-0.39, 0.29) is 23.6 Å². The van der Waals surface area contributed by atoms with Crippen molar-refractivity contribution in [2.45, 2.75) is 25.5 Å². The molecular formula is C23H23N5O3S. The second-order valence-electron chi connectivity index (χ2n) is 7.27. The number of hydrogen-bond donors (Lipinski definition) is 1. The van der Waals surface area contributed by atoms with Crippen molar-refractivity contribution < 1.29 is 9.21 Å². The van der Waals surface area contributed by atoms with Crippen LogP contribution in [0.2, 0.25) is 0 Å². The molecule has 32 heavy (non-hydrogen) atoms. The quantitative estimate of drug-likeness (QED) is 0.429. The lowest BCUT2D eigenvalue weighted by Crippen LogP contribution is -2.23. The SMILES string of the molecule is Cc1ccccc1-c1nnc(SCCC(=O)Nc2c(C)n(C)n(-c3ccccc3)c2=O)o1. The summed E-state index contributed by atoms with van der Waals surface area (Å²) in [6.07, 6.45) is 0.200. The average Bonchev–Trinajstić information content (AvgIpc) is 3.33. The van der Waals surface area contributed by atoms with Gasteiger partial charge in [-0.2, -0.15) is 0 Å². The number of nitrogens with zero attached hydrogens (tertiary/aromatic N) is 4. The van der Waals surface area contributed by atoms with Gasteiger partial charge >= 0.3 is 0 Å². The number of nitrogens with one attached hydrogen (secondary N) is 1. The molecule has 0 radical (unpaired) electrons. The predicted molar refractivity (Wildman–Crippen MR) is 124 cm³/mol. The molecule has 0 saturated heterocycles. The molecule has 4 aromatic rings. The first-order valence-electron chi connectivity index (χ1n) is 10.1. The summed E-state index contributed by atoms with van der Waals surface area (Å²) in [4.78, 5) is 25.4. The maximum atomic E-state index is 12.9. The second kappa shape index (κ2) is 9.27. The van der Waals surface area contributed by atoms with Gasteiger partial charge in [0.2, 0.25) is 11.8 Å². The number of carbonyl (C=O) groups excluding carboxylic acids is 1. The zero-order chi connectivity index (χ0) is 22.7. The second-order valence-corrected chi connectivity index (χ2v) is 8.32. The molecule has 1 N–H and O–H groups in total. The lowest BCUT2D eigenvalue weighted by atomic mass is 10.1. The van der Waals surface area contributed by atoms with Gasteiger partial charge in [-0.1, -0.05) is 48.2 Å². The van der Waals surface area contributed by atoms with E-state index in [4.69, 9.17) is 4.42 Å². The molecule has 0 saturated carbocycles. The zero-order valence-electron chi connectivity index (χ0n) is 18.0. The zero-order valence-corrected chi connectivity index (χ0v) is 18.8. The van der Waals surface area contributed by atoms with Crippen molar-refractivity contribution in [3.63, 3.8) is 0 Å². The molecule has 0 unspecified atom stereocenters. The number of rotatable bonds is 7. The van der Waals surface area contributed by atoms with Gasteiger partial charge in [-0.25, -0.2) is 4.68 Å². The summed E-state index contributed by atoms with van der Waals surface area (Å²) in [5, 5.41) is 11.3. The lowest BCUT2D eigenvalue weighted by molar-refractivity contribution is -0.115. The Morgan fingerprint density at radius 1 is 1.06 bits per heavy atom. The summed E-state index contributed by atoms with van der Waals surface area (Å²) in [7, 11) is 1.79. The molecule has 8 nitrogen and oxygen atoms in total. The van der Waals surface area contributed by atoms with Crippen molar-refractivity contribution in [3.8, 4) is 17.1 Å². The van der Waals surface area contributed by atoms with Crippen LogP contribution < -0.4 is 10.9 Å². The van der Waals surface area contributed by atoms with Crippen LogP contribution in [-0.2, 0) is 11.8 Å². The van der Waals surface area contributed by atoms with Crippen molar-refractivity contribution in [3.05, 3.63) is 76.2 Å². The van der Waals surface area contributed by atoms with Gasteiger partial charge in [0.1, 0.15) is 5.69 Å². The smallest absolute Gasteiger partial charge is 0.295 e. The van der Waals surface area contributed by atoms with E-state index in [0.717, 1.165) is 16.8 Å². The topological polar surface area (TPSA) is 95.0 Å². The van der Waals surface area contributed by atoms with E-state index in [1.165, 1.54) is 16.4 Å². The van der Waals surface area contributed by atoms with Crippen molar-refractivity contribution in [1.29, 1.82) is 0 Å². The first kappa shape index (κ1) is 21.6. The van der Waals surface area contributed by atoms with Gasteiger partial charge in [0, 0.05) is 24.8 Å². The predicted octanol–water partition coefficient (Wildman–Crippen LogP) is 3.96. The number of amides is 1. The van der Waals surface area contributed by atoms with E-state index in [9.17, 15) is 9.59 Å². The lowest BCUT2D eigenvalue weighted by Gasteiger charge is -2.07. The fourth-order valence-corrected chi connectivity index (χ4v) is 4.03. The Bertz CT molecular complexity index is 1310. The summed E-state index contributed by atoms with van der Waals surface area (Å²) in [5.41, 5.74) is 3.37. The number of aryl methyl sites for hydroxylation is 1. The molecule has 0 atom stereocenters. The van der Waals surface area contributed by atoms with E-state index < -0.39 is 0 Å². The van der Waals surface area contributed by atoms with Gasteiger partial charge < -0.3 is 9.73 Å². The molecular weight excluding hydrogens is 426 g/mol. The van der Waals surface area contributed by atoms with E-state index in [1.807, 2.05) is 61.5 Å². The molecule has 2 aromatic heterocycles. The van der Waals surface area contributed by atoms with Crippen LogP contribution in [0.1, 0.15) is 17.7 Å². The van der Waals surface area contributed by atoms with Crippen LogP contribution in [0, 0.1) is 13.8 Å². The van der Waals surface area contributed by atoms with Crippen LogP contribution in [0.3, 0.4) is 0 Å². The first-order valence-corrected chi connectivity index (χ1v) is 11.1. The van der Waals surface area contributed by atoms with Gasteiger partial charge in [-0.05, 0) is 37.6 Å². The Morgan fingerprint density at radius 3 is 2.53 bits per heavy atom. The Hall–Kier alpha value is -3.59. The molecule has 0 aliphatic heterocycles. The summed E-state index contributed by atoms with van der Waals surface area (Å²) in [6.45, 7) is 3.78. The fraction of sp³-hybridized carbons (Fsp3) is 0.217. The molecule has 2 aromatic carbocycles. The van der Waals surface area contributed by atoms with Crippen LogP contribution in [0.5, 0.6) is 0 Å². The summed E-state index contributed by atoms with van der Waals surface area (Å²) in [6, 6.07) is 17.1. The molecule has 4 rings (SSSR count). The summed E-state index contributed by atoms with van der Waals surface area (Å²) in [5.74, 6) is 0.651. The highest BCUT2D eigenvalue weighted by atomic mass is 32.2. The summed E-state index contributed by atoms with van der Waals surface area (Å²) < 4.78 is 8.97. The third kappa shape index (κ3) is 4.38. The standard InChI is InChI=1S/C23H23N5O3S/c1-15-9-7-8-12-18(15)21-25-26-23(31-21)32-14-13-19(29)24-20-16(2)27(3)28(22(20)30)17-10-5-4-6-11-17/h4-12H,13-14H2,1-3H3,(H,24,29). The molecule has 0 spiro atoms. The number of para-hydroxylation sites is 1. The highest BCUT2D eigenvalue weighted by molar-refractivity contribution is 7.99. The third-order valence-electron chi connectivity index (χ3n) is 5.16. The first-order chi connectivity index (χ1) is 15.5. The van der Waals surface area contributed by atoms with E-state index in [1.54, 1.807) is 18.7 Å². The molecule has 0 fully saturated rings. The highest BCUT2D eigenvalue weighted by Gasteiger charge is 2.18. The van der Waals surface area contributed by atoms with Crippen LogP contribution in [0.25, 0.3) is 17.1 Å². The van der Waals surface area contributed by atoms with E-state index in [0.29, 0.717) is 22.6 Å². The van der Waals surface area contributed by atoms with Crippen molar-refractivity contribution >= 4 is 23.4 Å². The van der Waals surface area contributed by atoms with Crippen molar-refractivity contribution in [2.24, 2.45) is 7.05 Å².